The second kappa shape index (κ2) is 8.26. The normalized spacial score (nSPS) is 16.7. The maximum atomic E-state index is 13.3. The molecule has 1 fully saturated rings. The Kier molecular flexibility index (Phi) is 5.92. The molecule has 0 spiro atoms. The van der Waals surface area contributed by atoms with Crippen molar-refractivity contribution in [3.8, 4) is 5.75 Å². The number of anilines is 1. The highest BCUT2D eigenvalue weighted by atomic mass is 19.1. The zero-order chi connectivity index (χ0) is 22.1. The molecular weight excluding hydrogens is 387 g/mol. The largest absolute Gasteiger partial charge is 0.497 e. The lowest BCUT2D eigenvalue weighted by molar-refractivity contribution is -0.123. The number of methoxy groups -OCH3 is 1. The molecule has 2 aromatic carbocycles. The molecule has 0 bridgehead atoms. The molecule has 1 atom stereocenters. The lowest BCUT2D eigenvalue weighted by atomic mass is 9.94. The van der Waals surface area contributed by atoms with Crippen LogP contribution in [0.25, 0.3) is 0 Å². The monoisotopic (exact) mass is 412 g/mol. The van der Waals surface area contributed by atoms with Gasteiger partial charge in [-0.3, -0.25) is 14.4 Å². The zero-order valence-corrected chi connectivity index (χ0v) is 17.5. The summed E-state index contributed by atoms with van der Waals surface area (Å²) >= 11 is 0. The second-order valence-electron chi connectivity index (χ2n) is 7.83. The summed E-state index contributed by atoms with van der Waals surface area (Å²) in [6, 6.07) is 10.8. The van der Waals surface area contributed by atoms with Gasteiger partial charge < -0.3 is 9.64 Å². The first-order valence-electron chi connectivity index (χ1n) is 9.79. The van der Waals surface area contributed by atoms with Gasteiger partial charge >= 0.3 is 0 Å². The smallest absolute Gasteiger partial charge is 0.257 e. The first-order chi connectivity index (χ1) is 14.2. The third kappa shape index (κ3) is 3.92. The summed E-state index contributed by atoms with van der Waals surface area (Å²) in [4.78, 5) is 42.0. The van der Waals surface area contributed by atoms with Gasteiger partial charge in [0.05, 0.1) is 19.2 Å². The molecule has 30 heavy (non-hydrogen) atoms. The van der Waals surface area contributed by atoms with Gasteiger partial charge in [0.25, 0.3) is 11.8 Å². The number of imide groups is 1. The standard InChI is InChI=1S/C23H25FN2O4/c1-5-23(2,3)26(21(28)15-6-8-16(24)9-7-15)19-14-20(27)25(22(19)29)17-10-12-18(30-4)13-11-17/h6-13,19H,5,14H2,1-4H3. The number of ether oxygens (including phenoxy) is 1. The summed E-state index contributed by atoms with van der Waals surface area (Å²) in [5.74, 6) is -1.09. The Hall–Kier alpha value is -3.22. The van der Waals surface area contributed by atoms with E-state index in [2.05, 4.69) is 0 Å². The van der Waals surface area contributed by atoms with Crippen LogP contribution in [-0.2, 0) is 9.59 Å². The summed E-state index contributed by atoms with van der Waals surface area (Å²) in [5, 5.41) is 0. The third-order valence-electron chi connectivity index (χ3n) is 5.59. The van der Waals surface area contributed by atoms with Crippen LogP contribution in [0.4, 0.5) is 10.1 Å². The zero-order valence-electron chi connectivity index (χ0n) is 17.5. The van der Waals surface area contributed by atoms with E-state index in [1.165, 1.54) is 36.3 Å². The van der Waals surface area contributed by atoms with Crippen molar-refractivity contribution < 1.29 is 23.5 Å². The molecule has 158 valence electrons. The van der Waals surface area contributed by atoms with Crippen molar-refractivity contribution in [3.05, 3.63) is 59.9 Å². The molecule has 1 heterocycles. The molecular formula is C23H25FN2O4. The fraction of sp³-hybridized carbons (Fsp3) is 0.348. The third-order valence-corrected chi connectivity index (χ3v) is 5.59. The number of rotatable bonds is 6. The molecule has 2 aromatic rings. The van der Waals surface area contributed by atoms with Crippen LogP contribution < -0.4 is 9.64 Å². The molecule has 7 heteroatoms. The molecule has 3 rings (SSSR count). The van der Waals surface area contributed by atoms with E-state index < -0.39 is 29.2 Å². The molecule has 0 radical (unpaired) electrons. The number of carbonyl (C=O) groups is 3. The summed E-state index contributed by atoms with van der Waals surface area (Å²) in [6.45, 7) is 5.61. The Morgan fingerprint density at radius 3 is 2.27 bits per heavy atom. The number of halogens is 1. The van der Waals surface area contributed by atoms with Crippen LogP contribution in [0.2, 0.25) is 0 Å². The maximum absolute atomic E-state index is 13.3. The maximum Gasteiger partial charge on any atom is 0.257 e. The van der Waals surface area contributed by atoms with E-state index in [-0.39, 0.29) is 17.9 Å². The van der Waals surface area contributed by atoms with Gasteiger partial charge in [0, 0.05) is 11.1 Å². The minimum absolute atomic E-state index is 0.110. The SMILES string of the molecule is CCC(C)(C)N(C(=O)c1ccc(F)cc1)C1CC(=O)N(c2ccc(OC)cc2)C1=O. The van der Waals surface area contributed by atoms with Gasteiger partial charge in [-0.15, -0.1) is 0 Å². The lowest BCUT2D eigenvalue weighted by Crippen LogP contribution is -2.55. The molecule has 1 unspecified atom stereocenters. The van der Waals surface area contributed by atoms with Crippen LogP contribution in [0.3, 0.4) is 0 Å². The number of nitrogens with zero attached hydrogens (tertiary/aromatic N) is 2. The van der Waals surface area contributed by atoms with Crippen LogP contribution in [0, 0.1) is 5.82 Å². The molecule has 6 nitrogen and oxygen atoms in total. The molecule has 0 aromatic heterocycles. The molecule has 0 aliphatic carbocycles. The van der Waals surface area contributed by atoms with E-state index in [1.807, 2.05) is 20.8 Å². The Bertz CT molecular complexity index is 954. The number of hydrogen-bond donors (Lipinski definition) is 0. The van der Waals surface area contributed by atoms with Crippen LogP contribution >= 0.6 is 0 Å². The predicted octanol–water partition coefficient (Wildman–Crippen LogP) is 3.80. The van der Waals surface area contributed by atoms with E-state index in [1.54, 1.807) is 24.3 Å². The minimum Gasteiger partial charge on any atom is -0.497 e. The summed E-state index contributed by atoms with van der Waals surface area (Å²) in [6.07, 6.45) is 0.460. The van der Waals surface area contributed by atoms with Gasteiger partial charge in [-0.1, -0.05) is 6.92 Å². The van der Waals surface area contributed by atoms with Crippen molar-refractivity contribution in [2.45, 2.75) is 45.2 Å². The fourth-order valence-corrected chi connectivity index (χ4v) is 3.56. The lowest BCUT2D eigenvalue weighted by Gasteiger charge is -2.41. The average molecular weight is 412 g/mol. The quantitative estimate of drug-likeness (QED) is 0.677. The Morgan fingerprint density at radius 2 is 1.73 bits per heavy atom. The molecule has 0 N–H and O–H groups in total. The summed E-state index contributed by atoms with van der Waals surface area (Å²) in [5.41, 5.74) is -0.00000575. The number of carbonyl (C=O) groups excluding carboxylic acids is 3. The molecule has 1 saturated heterocycles. The Labute approximate surface area is 175 Å². The van der Waals surface area contributed by atoms with Gasteiger partial charge in [-0.2, -0.15) is 0 Å². The second-order valence-corrected chi connectivity index (χ2v) is 7.83. The van der Waals surface area contributed by atoms with Crippen molar-refractivity contribution in [3.63, 3.8) is 0 Å². The van der Waals surface area contributed by atoms with Crippen LogP contribution in [-0.4, -0.2) is 41.3 Å². The molecule has 3 amide bonds. The van der Waals surface area contributed by atoms with Crippen molar-refractivity contribution in [1.29, 1.82) is 0 Å². The van der Waals surface area contributed by atoms with Crippen LogP contribution in [0.15, 0.2) is 48.5 Å². The van der Waals surface area contributed by atoms with Crippen molar-refractivity contribution in [1.82, 2.24) is 4.90 Å². The number of benzene rings is 2. The fourth-order valence-electron chi connectivity index (χ4n) is 3.56. The molecule has 1 aliphatic rings. The van der Waals surface area contributed by atoms with Crippen molar-refractivity contribution in [2.75, 3.05) is 12.0 Å². The summed E-state index contributed by atoms with van der Waals surface area (Å²) < 4.78 is 18.4. The van der Waals surface area contributed by atoms with Gasteiger partial charge in [0.1, 0.15) is 17.6 Å². The summed E-state index contributed by atoms with van der Waals surface area (Å²) in [7, 11) is 1.53. The van der Waals surface area contributed by atoms with Gasteiger partial charge in [0.15, 0.2) is 0 Å². The van der Waals surface area contributed by atoms with Gasteiger partial charge in [0.2, 0.25) is 5.91 Å². The average Bonchev–Trinajstić information content (AvgIpc) is 3.02. The van der Waals surface area contributed by atoms with Crippen LogP contribution in [0.5, 0.6) is 5.75 Å². The highest BCUT2D eigenvalue weighted by Crippen LogP contribution is 2.33. The highest BCUT2D eigenvalue weighted by molar-refractivity contribution is 6.23. The first kappa shape index (κ1) is 21.5. The van der Waals surface area contributed by atoms with Crippen LogP contribution in [0.1, 0.15) is 44.0 Å². The molecule has 1 aliphatic heterocycles. The van der Waals surface area contributed by atoms with E-state index in [9.17, 15) is 18.8 Å². The topological polar surface area (TPSA) is 66.9 Å². The Balaban J connectivity index is 1.97. The number of amides is 3. The highest BCUT2D eigenvalue weighted by Gasteiger charge is 2.48. The van der Waals surface area contributed by atoms with E-state index in [0.717, 1.165) is 4.90 Å². The van der Waals surface area contributed by atoms with Crippen molar-refractivity contribution in [2.24, 2.45) is 0 Å². The van der Waals surface area contributed by atoms with Crippen molar-refractivity contribution >= 4 is 23.4 Å². The predicted molar refractivity (Wildman–Crippen MR) is 111 cm³/mol. The van der Waals surface area contributed by atoms with E-state index in [4.69, 9.17) is 4.74 Å². The first-order valence-corrected chi connectivity index (χ1v) is 9.79. The minimum atomic E-state index is -0.938. The number of hydrogen-bond acceptors (Lipinski definition) is 4. The van der Waals surface area contributed by atoms with E-state index in [0.29, 0.717) is 17.9 Å². The van der Waals surface area contributed by atoms with Gasteiger partial charge in [-0.25, -0.2) is 9.29 Å². The Morgan fingerprint density at radius 1 is 1.13 bits per heavy atom. The van der Waals surface area contributed by atoms with E-state index >= 15 is 0 Å². The van der Waals surface area contributed by atoms with Gasteiger partial charge in [-0.05, 0) is 68.8 Å². The molecule has 0 saturated carbocycles.